The molecular formula is C13H20IN. The molecule has 0 atom stereocenters. The van der Waals surface area contributed by atoms with Crippen molar-refractivity contribution < 1.29 is 0 Å². The fourth-order valence-electron chi connectivity index (χ4n) is 1.59. The van der Waals surface area contributed by atoms with Crippen molar-refractivity contribution in [3.8, 4) is 0 Å². The molecule has 1 fully saturated rings. The van der Waals surface area contributed by atoms with Crippen molar-refractivity contribution in [2.24, 2.45) is 0 Å². The molecule has 84 valence electrons. The molecule has 2 heteroatoms. The third-order valence-electron chi connectivity index (χ3n) is 2.55. The number of benzene rings is 1. The first-order valence-electron chi connectivity index (χ1n) is 5.78. The van der Waals surface area contributed by atoms with Crippen molar-refractivity contribution in [3.63, 3.8) is 0 Å². The van der Waals surface area contributed by atoms with Gasteiger partial charge in [-0.25, -0.2) is 0 Å². The normalized spacial score (nSPS) is 15.3. The van der Waals surface area contributed by atoms with Crippen LogP contribution in [0.1, 0.15) is 31.7 Å². The average Bonchev–Trinajstić information content (AvgIpc) is 2.33. The monoisotopic (exact) mass is 317 g/mol. The molecule has 1 aromatic rings. The van der Waals surface area contributed by atoms with Gasteiger partial charge in [0.1, 0.15) is 0 Å². The molecule has 1 N–H and O–H groups in total. The molecule has 0 saturated carbocycles. The minimum Gasteiger partial charge on any atom is -0.317 e. The van der Waals surface area contributed by atoms with Gasteiger partial charge in [0.15, 0.2) is 0 Å². The highest BCUT2D eigenvalue weighted by molar-refractivity contribution is 14.1. The van der Waals surface area contributed by atoms with E-state index in [2.05, 4.69) is 59.1 Å². The summed E-state index contributed by atoms with van der Waals surface area (Å²) in [6.45, 7) is 4.68. The third kappa shape index (κ3) is 5.52. The number of halogens is 1. The van der Waals surface area contributed by atoms with Gasteiger partial charge in [0.05, 0.1) is 0 Å². The first-order chi connectivity index (χ1) is 7.34. The van der Waals surface area contributed by atoms with Crippen LogP contribution in [-0.2, 0) is 6.42 Å². The molecule has 1 aromatic carbocycles. The molecular weight excluding hydrogens is 297 g/mol. The number of nitrogens with one attached hydrogen (secondary N) is 1. The maximum Gasteiger partial charge on any atom is 0.0162 e. The molecule has 2 rings (SSSR count). The van der Waals surface area contributed by atoms with Gasteiger partial charge < -0.3 is 5.32 Å². The summed E-state index contributed by atoms with van der Waals surface area (Å²) in [4.78, 5) is 0. The lowest BCUT2D eigenvalue weighted by Gasteiger charge is -2.08. The Labute approximate surface area is 107 Å². The van der Waals surface area contributed by atoms with Crippen LogP contribution >= 0.6 is 22.6 Å². The second-order valence-electron chi connectivity index (χ2n) is 3.76. The van der Waals surface area contributed by atoms with Crippen LogP contribution in [-0.4, -0.2) is 13.1 Å². The molecule has 0 radical (unpaired) electrons. The second-order valence-corrected chi connectivity index (χ2v) is 4.92. The molecule has 1 aliphatic rings. The van der Waals surface area contributed by atoms with Gasteiger partial charge in [0, 0.05) is 3.57 Å². The maximum absolute atomic E-state index is 3.28. The highest BCUT2D eigenvalue weighted by Crippen LogP contribution is 2.10. The molecule has 0 aromatic heterocycles. The first-order valence-corrected chi connectivity index (χ1v) is 6.86. The number of hydrogen-bond donors (Lipinski definition) is 1. The Morgan fingerprint density at radius 1 is 1.13 bits per heavy atom. The summed E-state index contributed by atoms with van der Waals surface area (Å²) in [6.07, 6.45) is 5.35. The molecule has 0 aliphatic carbocycles. The van der Waals surface area contributed by atoms with E-state index in [1.807, 2.05) is 0 Å². The predicted molar refractivity (Wildman–Crippen MR) is 75.3 cm³/mol. The Balaban J connectivity index is 0.000000162. The van der Waals surface area contributed by atoms with E-state index >= 15 is 0 Å². The highest BCUT2D eigenvalue weighted by atomic mass is 127. The summed E-state index contributed by atoms with van der Waals surface area (Å²) in [5.41, 5.74) is 1.44. The molecule has 1 nitrogen and oxygen atoms in total. The van der Waals surface area contributed by atoms with Gasteiger partial charge >= 0.3 is 0 Å². The number of hydrogen-bond acceptors (Lipinski definition) is 1. The summed E-state index contributed by atoms with van der Waals surface area (Å²) >= 11 is 2.36. The van der Waals surface area contributed by atoms with E-state index in [9.17, 15) is 0 Å². The first kappa shape index (κ1) is 13.0. The van der Waals surface area contributed by atoms with Crippen LogP contribution in [0.2, 0.25) is 0 Å². The van der Waals surface area contributed by atoms with E-state index < -0.39 is 0 Å². The zero-order chi connectivity index (χ0) is 10.9. The van der Waals surface area contributed by atoms with Gasteiger partial charge in [-0.3, -0.25) is 0 Å². The average molecular weight is 317 g/mol. The summed E-state index contributed by atoms with van der Waals surface area (Å²) in [6, 6.07) is 8.46. The minimum atomic E-state index is 1.14. The minimum absolute atomic E-state index is 1.14. The topological polar surface area (TPSA) is 12.0 Å². The van der Waals surface area contributed by atoms with Gasteiger partial charge in [-0.1, -0.05) is 31.5 Å². The van der Waals surface area contributed by atoms with Crippen molar-refractivity contribution in [1.82, 2.24) is 5.32 Å². The SMILES string of the molecule is C1CCNCC1.CCc1ccccc1I. The predicted octanol–water partition coefficient (Wildman–Crippen LogP) is 3.61. The van der Waals surface area contributed by atoms with Crippen molar-refractivity contribution in [2.75, 3.05) is 13.1 Å². The standard InChI is InChI=1S/C8H9I.C5H11N/c1-2-7-5-3-4-6-8(7)9;1-2-4-6-5-3-1/h3-6H,2H2,1H3;6H,1-5H2. The zero-order valence-corrected chi connectivity index (χ0v) is 11.6. The summed E-state index contributed by atoms with van der Waals surface area (Å²) in [5, 5.41) is 3.28. The van der Waals surface area contributed by atoms with Crippen LogP contribution in [0.4, 0.5) is 0 Å². The van der Waals surface area contributed by atoms with E-state index in [1.165, 1.54) is 41.5 Å². The summed E-state index contributed by atoms with van der Waals surface area (Å²) < 4.78 is 1.37. The largest absolute Gasteiger partial charge is 0.317 e. The molecule has 1 heterocycles. The molecule has 15 heavy (non-hydrogen) atoms. The van der Waals surface area contributed by atoms with E-state index in [0.29, 0.717) is 0 Å². The quantitative estimate of drug-likeness (QED) is 0.780. The van der Waals surface area contributed by atoms with Gasteiger partial charge in [-0.05, 0) is 66.6 Å². The number of aryl methyl sites for hydroxylation is 1. The van der Waals surface area contributed by atoms with Crippen molar-refractivity contribution in [2.45, 2.75) is 32.6 Å². The molecule has 0 spiro atoms. The van der Waals surface area contributed by atoms with Gasteiger partial charge in [0.25, 0.3) is 0 Å². The Kier molecular flexibility index (Phi) is 7.01. The fraction of sp³-hybridized carbons (Fsp3) is 0.538. The van der Waals surface area contributed by atoms with Crippen LogP contribution in [0.5, 0.6) is 0 Å². The van der Waals surface area contributed by atoms with E-state index in [4.69, 9.17) is 0 Å². The summed E-state index contributed by atoms with van der Waals surface area (Å²) in [5.74, 6) is 0. The van der Waals surface area contributed by atoms with Crippen LogP contribution in [0, 0.1) is 3.57 Å². The lowest BCUT2D eigenvalue weighted by Crippen LogP contribution is -2.21. The van der Waals surface area contributed by atoms with Gasteiger partial charge in [-0.15, -0.1) is 0 Å². The Morgan fingerprint density at radius 3 is 2.13 bits per heavy atom. The smallest absolute Gasteiger partial charge is 0.0162 e. The van der Waals surface area contributed by atoms with Crippen LogP contribution in [0.25, 0.3) is 0 Å². The lowest BCUT2D eigenvalue weighted by molar-refractivity contribution is 0.520. The van der Waals surface area contributed by atoms with Gasteiger partial charge in [0.2, 0.25) is 0 Å². The maximum atomic E-state index is 3.28. The Morgan fingerprint density at radius 2 is 1.80 bits per heavy atom. The van der Waals surface area contributed by atoms with Crippen molar-refractivity contribution in [1.29, 1.82) is 0 Å². The van der Waals surface area contributed by atoms with Gasteiger partial charge in [-0.2, -0.15) is 0 Å². The highest BCUT2D eigenvalue weighted by Gasteiger charge is 1.93. The van der Waals surface area contributed by atoms with Crippen LogP contribution in [0.3, 0.4) is 0 Å². The molecule has 0 amide bonds. The Bertz CT molecular complexity index is 257. The van der Waals surface area contributed by atoms with Crippen molar-refractivity contribution in [3.05, 3.63) is 33.4 Å². The number of piperidine rings is 1. The van der Waals surface area contributed by atoms with E-state index in [-0.39, 0.29) is 0 Å². The summed E-state index contributed by atoms with van der Waals surface area (Å²) in [7, 11) is 0. The molecule has 1 saturated heterocycles. The van der Waals surface area contributed by atoms with E-state index in [0.717, 1.165) is 6.42 Å². The zero-order valence-electron chi connectivity index (χ0n) is 9.43. The fourth-order valence-corrected chi connectivity index (χ4v) is 2.36. The lowest BCUT2D eigenvalue weighted by atomic mass is 10.2. The second kappa shape index (κ2) is 8.11. The Hall–Kier alpha value is -0.0900. The molecule has 1 aliphatic heterocycles. The third-order valence-corrected chi connectivity index (χ3v) is 3.60. The van der Waals surface area contributed by atoms with E-state index in [1.54, 1.807) is 0 Å². The molecule has 0 unspecified atom stereocenters. The van der Waals surface area contributed by atoms with Crippen LogP contribution in [0.15, 0.2) is 24.3 Å². The van der Waals surface area contributed by atoms with Crippen LogP contribution < -0.4 is 5.32 Å². The number of rotatable bonds is 1. The van der Waals surface area contributed by atoms with Crippen molar-refractivity contribution >= 4 is 22.6 Å². The molecule has 0 bridgehead atoms.